The monoisotopic (exact) mass is 308 g/mol. The summed E-state index contributed by atoms with van der Waals surface area (Å²) in [6, 6.07) is 0.220. The molecule has 19 heavy (non-hydrogen) atoms. The summed E-state index contributed by atoms with van der Waals surface area (Å²) in [6.45, 7) is 5.18. The molecule has 0 aliphatic heterocycles. The lowest BCUT2D eigenvalue weighted by atomic mass is 9.85. The number of carbonyl (C=O) groups is 1. The van der Waals surface area contributed by atoms with Crippen LogP contribution < -0.4 is 11.1 Å². The molecule has 1 fully saturated rings. The zero-order chi connectivity index (χ0) is 13.6. The summed E-state index contributed by atoms with van der Waals surface area (Å²) in [5, 5.41) is 3.15. The van der Waals surface area contributed by atoms with Crippen LogP contribution in [-0.2, 0) is 4.79 Å². The molecule has 5 heteroatoms. The molecule has 0 aromatic carbocycles. The van der Waals surface area contributed by atoms with Crippen molar-refractivity contribution >= 4 is 30.1 Å². The zero-order valence-electron chi connectivity index (χ0n) is 12.4. The molecule has 1 amide bonds. The average molecular weight is 309 g/mol. The predicted molar refractivity (Wildman–Crippen MR) is 87.0 cm³/mol. The molecule has 0 bridgehead atoms. The summed E-state index contributed by atoms with van der Waals surface area (Å²) in [7, 11) is 0. The van der Waals surface area contributed by atoms with E-state index in [0.717, 1.165) is 45.1 Å². The molecule has 0 spiro atoms. The molecule has 1 saturated carbocycles. The fraction of sp³-hybridized carbons (Fsp3) is 0.929. The maximum atomic E-state index is 12.2. The van der Waals surface area contributed by atoms with Gasteiger partial charge in [-0.15, -0.1) is 12.4 Å². The van der Waals surface area contributed by atoms with Crippen molar-refractivity contribution in [1.29, 1.82) is 0 Å². The van der Waals surface area contributed by atoms with Crippen LogP contribution in [0.25, 0.3) is 0 Å². The van der Waals surface area contributed by atoms with Crippen LogP contribution in [0.3, 0.4) is 0 Å². The van der Waals surface area contributed by atoms with Crippen molar-refractivity contribution in [2.75, 3.05) is 12.8 Å². The van der Waals surface area contributed by atoms with E-state index >= 15 is 0 Å². The van der Waals surface area contributed by atoms with Gasteiger partial charge >= 0.3 is 0 Å². The first kappa shape index (κ1) is 19.1. The van der Waals surface area contributed by atoms with Gasteiger partial charge in [-0.05, 0) is 38.4 Å². The number of amides is 1. The Morgan fingerprint density at radius 3 is 2.47 bits per heavy atom. The van der Waals surface area contributed by atoms with Crippen molar-refractivity contribution in [3.05, 3.63) is 0 Å². The third-order valence-corrected chi connectivity index (χ3v) is 5.98. The summed E-state index contributed by atoms with van der Waals surface area (Å²) < 4.78 is 0.201. The number of nitrogens with one attached hydrogen (secondary N) is 1. The summed E-state index contributed by atoms with van der Waals surface area (Å²) in [5.74, 6) is 0.354. The molecule has 114 valence electrons. The summed E-state index contributed by atoms with van der Waals surface area (Å²) in [6.07, 6.45) is 8.34. The summed E-state index contributed by atoms with van der Waals surface area (Å²) in [5.41, 5.74) is 5.94. The molecule has 2 atom stereocenters. The highest BCUT2D eigenvalue weighted by molar-refractivity contribution is 8.00. The number of thioether (sulfide) groups is 1. The molecule has 1 rings (SSSR count). The molecule has 1 aliphatic rings. The van der Waals surface area contributed by atoms with Gasteiger partial charge in [0, 0.05) is 23.3 Å². The molecule has 3 N–H and O–H groups in total. The third-order valence-electron chi connectivity index (χ3n) is 4.39. The largest absolute Gasteiger partial charge is 0.354 e. The number of rotatable bonds is 6. The Bertz CT molecular complexity index is 264. The minimum absolute atomic E-state index is 0. The van der Waals surface area contributed by atoms with E-state index in [4.69, 9.17) is 5.73 Å². The van der Waals surface area contributed by atoms with Gasteiger partial charge in [0.25, 0.3) is 0 Å². The van der Waals surface area contributed by atoms with Gasteiger partial charge in [-0.1, -0.05) is 20.3 Å². The van der Waals surface area contributed by atoms with Crippen LogP contribution in [0.1, 0.15) is 52.4 Å². The lowest BCUT2D eigenvalue weighted by Gasteiger charge is -2.32. The maximum absolute atomic E-state index is 12.2. The van der Waals surface area contributed by atoms with Crippen molar-refractivity contribution in [1.82, 2.24) is 5.32 Å². The molecule has 0 radical (unpaired) electrons. The normalized spacial score (nSPS) is 23.6. The van der Waals surface area contributed by atoms with E-state index in [1.165, 1.54) is 0 Å². The van der Waals surface area contributed by atoms with E-state index in [2.05, 4.69) is 25.4 Å². The second kappa shape index (κ2) is 9.09. The standard InChI is InChI=1S/C14H28N2OS.ClH/c1-4-14(5-2,18-3)10-16-13(17)11-7-6-8-12(15)9-11;/h11-12H,4-10,15H2,1-3H3,(H,16,17);1H. The van der Waals surface area contributed by atoms with Crippen molar-refractivity contribution < 1.29 is 4.79 Å². The van der Waals surface area contributed by atoms with Gasteiger partial charge in [0.05, 0.1) is 0 Å². The highest BCUT2D eigenvalue weighted by Crippen LogP contribution is 2.30. The van der Waals surface area contributed by atoms with Crippen molar-refractivity contribution in [2.24, 2.45) is 11.7 Å². The second-order valence-corrected chi connectivity index (χ2v) is 6.71. The van der Waals surface area contributed by atoms with E-state index in [9.17, 15) is 4.79 Å². The van der Waals surface area contributed by atoms with Gasteiger partial charge in [-0.2, -0.15) is 11.8 Å². The van der Waals surface area contributed by atoms with Crippen LogP contribution in [0.5, 0.6) is 0 Å². The Labute approximate surface area is 128 Å². The molecule has 2 unspecified atom stereocenters. The number of carbonyl (C=O) groups excluding carboxylic acids is 1. The Morgan fingerprint density at radius 2 is 2.00 bits per heavy atom. The number of hydrogen-bond donors (Lipinski definition) is 2. The number of hydrogen-bond acceptors (Lipinski definition) is 3. The van der Waals surface area contributed by atoms with Gasteiger partial charge in [0.15, 0.2) is 0 Å². The van der Waals surface area contributed by atoms with Crippen molar-refractivity contribution in [3.63, 3.8) is 0 Å². The second-order valence-electron chi connectivity index (χ2n) is 5.44. The molecule has 0 heterocycles. The molecule has 3 nitrogen and oxygen atoms in total. The van der Waals surface area contributed by atoms with Crippen molar-refractivity contribution in [3.8, 4) is 0 Å². The topological polar surface area (TPSA) is 55.1 Å². The van der Waals surface area contributed by atoms with Gasteiger partial charge in [0.2, 0.25) is 5.91 Å². The highest BCUT2D eigenvalue weighted by Gasteiger charge is 2.29. The Balaban J connectivity index is 0.00000324. The van der Waals surface area contributed by atoms with Crippen LogP contribution in [0.4, 0.5) is 0 Å². The van der Waals surface area contributed by atoms with E-state index in [1.54, 1.807) is 0 Å². The van der Waals surface area contributed by atoms with E-state index in [1.807, 2.05) is 11.8 Å². The maximum Gasteiger partial charge on any atom is 0.223 e. The van der Waals surface area contributed by atoms with Crippen LogP contribution in [0.2, 0.25) is 0 Å². The lowest BCUT2D eigenvalue weighted by molar-refractivity contribution is -0.126. The van der Waals surface area contributed by atoms with Crippen LogP contribution in [0, 0.1) is 5.92 Å². The quantitative estimate of drug-likeness (QED) is 0.793. The minimum Gasteiger partial charge on any atom is -0.354 e. The van der Waals surface area contributed by atoms with E-state index in [-0.39, 0.29) is 35.0 Å². The van der Waals surface area contributed by atoms with Crippen LogP contribution in [0.15, 0.2) is 0 Å². The molecule has 0 saturated heterocycles. The molecule has 0 aromatic rings. The minimum atomic E-state index is 0. The van der Waals surface area contributed by atoms with Gasteiger partial charge in [-0.3, -0.25) is 4.79 Å². The highest BCUT2D eigenvalue weighted by atomic mass is 35.5. The van der Waals surface area contributed by atoms with Gasteiger partial charge < -0.3 is 11.1 Å². The first-order chi connectivity index (χ1) is 8.56. The first-order valence-corrected chi connectivity index (χ1v) is 8.37. The van der Waals surface area contributed by atoms with Crippen LogP contribution >= 0.6 is 24.2 Å². The van der Waals surface area contributed by atoms with Crippen molar-refractivity contribution in [2.45, 2.75) is 63.2 Å². The van der Waals surface area contributed by atoms with Gasteiger partial charge in [0.1, 0.15) is 0 Å². The molecule has 0 aromatic heterocycles. The van der Waals surface area contributed by atoms with E-state index < -0.39 is 0 Å². The van der Waals surface area contributed by atoms with Crippen LogP contribution in [-0.4, -0.2) is 29.5 Å². The third kappa shape index (κ3) is 5.52. The Kier molecular flexibility index (Phi) is 9.12. The first-order valence-electron chi connectivity index (χ1n) is 7.15. The smallest absolute Gasteiger partial charge is 0.223 e. The summed E-state index contributed by atoms with van der Waals surface area (Å²) >= 11 is 1.87. The average Bonchev–Trinajstić information content (AvgIpc) is 2.40. The SMILES string of the molecule is CCC(CC)(CNC(=O)C1CCCC(N)C1)SC.Cl. The molecule has 1 aliphatic carbocycles. The fourth-order valence-electron chi connectivity index (χ4n) is 2.72. The lowest BCUT2D eigenvalue weighted by Crippen LogP contribution is -2.44. The Morgan fingerprint density at radius 1 is 1.37 bits per heavy atom. The van der Waals surface area contributed by atoms with E-state index in [0.29, 0.717) is 0 Å². The predicted octanol–water partition coefficient (Wildman–Crippen LogP) is 2.96. The number of nitrogens with two attached hydrogens (primary N) is 1. The Hall–Kier alpha value is 0.0700. The van der Waals surface area contributed by atoms with Gasteiger partial charge in [-0.25, -0.2) is 0 Å². The fourth-order valence-corrected chi connectivity index (χ4v) is 3.51. The molecular weight excluding hydrogens is 280 g/mol. The summed E-state index contributed by atoms with van der Waals surface area (Å²) in [4.78, 5) is 12.2. The number of halogens is 1. The zero-order valence-corrected chi connectivity index (χ0v) is 14.0. The molecular formula is C14H29ClN2OS.